The van der Waals surface area contributed by atoms with Gasteiger partial charge in [-0.05, 0) is 37.6 Å². The Hall–Kier alpha value is -3.39. The van der Waals surface area contributed by atoms with Crippen molar-refractivity contribution in [2.75, 3.05) is 11.1 Å². The molecule has 0 aliphatic heterocycles. The summed E-state index contributed by atoms with van der Waals surface area (Å²) in [6, 6.07) is 13.1. The molecule has 3 aromatic heterocycles. The van der Waals surface area contributed by atoms with E-state index in [9.17, 15) is 9.59 Å². The van der Waals surface area contributed by atoms with Crippen molar-refractivity contribution in [2.24, 2.45) is 7.05 Å². The van der Waals surface area contributed by atoms with Crippen LogP contribution in [0.1, 0.15) is 34.4 Å². The normalized spacial score (nSPS) is 11.2. The zero-order valence-corrected chi connectivity index (χ0v) is 17.9. The second kappa shape index (κ2) is 7.79. The van der Waals surface area contributed by atoms with Crippen LogP contribution in [-0.4, -0.2) is 20.3 Å². The number of thiophene rings is 1. The van der Waals surface area contributed by atoms with Gasteiger partial charge in [-0.1, -0.05) is 31.5 Å². The predicted molar refractivity (Wildman–Crippen MR) is 122 cm³/mol. The maximum atomic E-state index is 13.0. The lowest BCUT2D eigenvalue weighted by Crippen LogP contribution is -2.22. The molecule has 7 nitrogen and oxygen atoms in total. The van der Waals surface area contributed by atoms with Crippen LogP contribution >= 0.6 is 11.3 Å². The van der Waals surface area contributed by atoms with Gasteiger partial charge >= 0.3 is 0 Å². The number of benzene rings is 1. The van der Waals surface area contributed by atoms with Crippen LogP contribution in [0.2, 0.25) is 0 Å². The SMILES string of the molecule is CCCc1ccc2c(N)c(C(=O)Nc3c(C)n(C)n(-c4ccccc4)c3=O)sc2n1. The molecule has 1 amide bonds. The van der Waals surface area contributed by atoms with Gasteiger partial charge in [-0.3, -0.25) is 14.3 Å². The van der Waals surface area contributed by atoms with E-state index in [4.69, 9.17) is 5.73 Å². The lowest BCUT2D eigenvalue weighted by atomic mass is 10.2. The second-order valence-corrected chi connectivity index (χ2v) is 8.14. The molecule has 3 N–H and O–H groups in total. The Morgan fingerprint density at radius 1 is 1.20 bits per heavy atom. The van der Waals surface area contributed by atoms with Crippen molar-refractivity contribution in [3.8, 4) is 5.69 Å². The summed E-state index contributed by atoms with van der Waals surface area (Å²) in [5.41, 5.74) is 8.93. The number of aryl methyl sites for hydroxylation is 1. The third kappa shape index (κ3) is 3.29. The number of fused-ring (bicyclic) bond motifs is 1. The molecule has 154 valence electrons. The fourth-order valence-corrected chi connectivity index (χ4v) is 4.49. The lowest BCUT2D eigenvalue weighted by molar-refractivity contribution is 0.103. The summed E-state index contributed by atoms with van der Waals surface area (Å²) in [5, 5.41) is 3.54. The lowest BCUT2D eigenvalue weighted by Gasteiger charge is -2.07. The molecule has 0 saturated heterocycles. The Morgan fingerprint density at radius 3 is 2.63 bits per heavy atom. The molecule has 0 saturated carbocycles. The minimum absolute atomic E-state index is 0.239. The Labute approximate surface area is 177 Å². The van der Waals surface area contributed by atoms with Gasteiger partial charge in [-0.25, -0.2) is 9.67 Å². The summed E-state index contributed by atoms with van der Waals surface area (Å²) >= 11 is 1.25. The number of nitrogens with zero attached hydrogens (tertiary/aromatic N) is 3. The number of nitrogens with two attached hydrogens (primary N) is 1. The zero-order chi connectivity index (χ0) is 21.4. The van der Waals surface area contributed by atoms with Crippen molar-refractivity contribution >= 4 is 38.8 Å². The third-order valence-electron chi connectivity index (χ3n) is 5.16. The number of carbonyl (C=O) groups is 1. The first-order chi connectivity index (χ1) is 14.4. The number of carbonyl (C=O) groups excluding carboxylic acids is 1. The topological polar surface area (TPSA) is 94.9 Å². The largest absolute Gasteiger partial charge is 0.397 e. The fourth-order valence-electron chi connectivity index (χ4n) is 3.48. The van der Waals surface area contributed by atoms with Crippen LogP contribution in [0.3, 0.4) is 0 Å². The van der Waals surface area contributed by atoms with E-state index in [-0.39, 0.29) is 11.2 Å². The zero-order valence-electron chi connectivity index (χ0n) is 17.1. The number of nitrogen functional groups attached to an aromatic ring is 1. The van der Waals surface area contributed by atoms with Gasteiger partial charge in [0.05, 0.1) is 17.1 Å². The predicted octanol–water partition coefficient (Wildman–Crippen LogP) is 3.88. The van der Waals surface area contributed by atoms with Crippen LogP contribution < -0.4 is 16.6 Å². The molecule has 0 atom stereocenters. The number of nitrogens with one attached hydrogen (secondary N) is 1. The summed E-state index contributed by atoms with van der Waals surface area (Å²) in [4.78, 5) is 31.8. The van der Waals surface area contributed by atoms with Gasteiger partial charge in [0.1, 0.15) is 15.4 Å². The monoisotopic (exact) mass is 421 g/mol. The maximum absolute atomic E-state index is 13.0. The molecule has 30 heavy (non-hydrogen) atoms. The molecule has 0 bridgehead atoms. The number of anilines is 2. The molecule has 8 heteroatoms. The third-order valence-corrected chi connectivity index (χ3v) is 6.27. The molecule has 0 spiro atoms. The van der Waals surface area contributed by atoms with Gasteiger partial charge in [0.2, 0.25) is 0 Å². The van der Waals surface area contributed by atoms with Gasteiger partial charge in [-0.2, -0.15) is 0 Å². The van der Waals surface area contributed by atoms with E-state index in [1.54, 1.807) is 18.7 Å². The minimum atomic E-state index is -0.404. The molecule has 0 unspecified atom stereocenters. The van der Waals surface area contributed by atoms with E-state index in [1.807, 2.05) is 42.5 Å². The molecule has 1 aromatic carbocycles. The van der Waals surface area contributed by atoms with E-state index in [0.29, 0.717) is 16.3 Å². The summed E-state index contributed by atoms with van der Waals surface area (Å²) in [5.74, 6) is -0.404. The van der Waals surface area contributed by atoms with Crippen molar-refractivity contribution in [1.29, 1.82) is 0 Å². The molecular formula is C22H23N5O2S. The number of aromatic nitrogens is 3. The van der Waals surface area contributed by atoms with E-state index in [2.05, 4.69) is 17.2 Å². The van der Waals surface area contributed by atoms with Crippen LogP contribution in [0.5, 0.6) is 0 Å². The summed E-state index contributed by atoms with van der Waals surface area (Å²) in [6.45, 7) is 3.89. The summed E-state index contributed by atoms with van der Waals surface area (Å²) < 4.78 is 3.25. The van der Waals surface area contributed by atoms with Crippen LogP contribution in [-0.2, 0) is 13.5 Å². The van der Waals surface area contributed by atoms with Crippen molar-refractivity contribution in [1.82, 2.24) is 14.3 Å². The van der Waals surface area contributed by atoms with Gasteiger partial charge in [0.15, 0.2) is 0 Å². The van der Waals surface area contributed by atoms with Crippen molar-refractivity contribution in [3.63, 3.8) is 0 Å². The molecule has 4 rings (SSSR count). The van der Waals surface area contributed by atoms with E-state index in [0.717, 1.165) is 34.4 Å². The second-order valence-electron chi connectivity index (χ2n) is 7.14. The van der Waals surface area contributed by atoms with Crippen LogP contribution in [0.4, 0.5) is 11.4 Å². The highest BCUT2D eigenvalue weighted by molar-refractivity contribution is 7.21. The van der Waals surface area contributed by atoms with Crippen LogP contribution in [0, 0.1) is 6.92 Å². The Bertz CT molecular complexity index is 1300. The first kappa shape index (κ1) is 19.9. The Morgan fingerprint density at radius 2 is 1.93 bits per heavy atom. The smallest absolute Gasteiger partial charge is 0.295 e. The van der Waals surface area contributed by atoms with E-state index >= 15 is 0 Å². The Kier molecular flexibility index (Phi) is 5.17. The highest BCUT2D eigenvalue weighted by atomic mass is 32.1. The van der Waals surface area contributed by atoms with Gasteiger partial charge in [-0.15, -0.1) is 11.3 Å². The van der Waals surface area contributed by atoms with E-state index in [1.165, 1.54) is 16.0 Å². The average molecular weight is 422 g/mol. The number of amides is 1. The molecular weight excluding hydrogens is 398 g/mol. The van der Waals surface area contributed by atoms with Gasteiger partial charge in [0, 0.05) is 18.1 Å². The first-order valence-electron chi connectivity index (χ1n) is 9.75. The maximum Gasteiger partial charge on any atom is 0.295 e. The molecule has 0 aliphatic carbocycles. The molecule has 0 fully saturated rings. The number of hydrogen-bond acceptors (Lipinski definition) is 5. The highest BCUT2D eigenvalue weighted by Gasteiger charge is 2.22. The fraction of sp³-hybridized carbons (Fsp3) is 0.227. The quantitative estimate of drug-likeness (QED) is 0.511. The molecule has 0 aliphatic rings. The standard InChI is InChI=1S/C22H23N5O2S/c1-4-8-14-11-12-16-17(23)19(30-21(16)24-14)20(28)25-18-13(2)26(3)27(22(18)29)15-9-6-5-7-10-15/h5-7,9-12H,4,8,23H2,1-3H3,(H,25,28). The summed E-state index contributed by atoms with van der Waals surface area (Å²) in [6.07, 6.45) is 1.87. The van der Waals surface area contributed by atoms with Crippen LogP contribution in [0.25, 0.3) is 15.9 Å². The van der Waals surface area contributed by atoms with Crippen molar-refractivity contribution in [2.45, 2.75) is 26.7 Å². The number of para-hydroxylation sites is 1. The average Bonchev–Trinajstić information content (AvgIpc) is 3.18. The first-order valence-corrected chi connectivity index (χ1v) is 10.6. The minimum Gasteiger partial charge on any atom is -0.397 e. The van der Waals surface area contributed by atoms with Gasteiger partial charge < -0.3 is 11.1 Å². The Balaban J connectivity index is 1.71. The molecule has 4 aromatic rings. The number of pyridine rings is 1. The van der Waals surface area contributed by atoms with Crippen molar-refractivity contribution in [3.05, 3.63) is 69.1 Å². The van der Waals surface area contributed by atoms with Crippen LogP contribution in [0.15, 0.2) is 47.3 Å². The molecule has 3 heterocycles. The molecule has 0 radical (unpaired) electrons. The number of hydrogen-bond donors (Lipinski definition) is 2. The van der Waals surface area contributed by atoms with Gasteiger partial charge in [0.25, 0.3) is 11.5 Å². The number of rotatable bonds is 5. The highest BCUT2D eigenvalue weighted by Crippen LogP contribution is 2.33. The summed E-state index contributed by atoms with van der Waals surface area (Å²) in [7, 11) is 1.78. The van der Waals surface area contributed by atoms with E-state index < -0.39 is 5.91 Å². The van der Waals surface area contributed by atoms with Crippen molar-refractivity contribution < 1.29 is 4.79 Å².